The monoisotopic (exact) mass is 341 g/mol. The molecule has 3 rings (SSSR count). The van der Waals surface area contributed by atoms with Gasteiger partial charge in [-0.25, -0.2) is 4.68 Å². The van der Waals surface area contributed by atoms with Crippen LogP contribution in [0.1, 0.15) is 26.5 Å². The van der Waals surface area contributed by atoms with E-state index < -0.39 is 0 Å². The van der Waals surface area contributed by atoms with Crippen molar-refractivity contribution >= 4 is 5.69 Å². The van der Waals surface area contributed by atoms with Gasteiger partial charge in [-0.1, -0.05) is 20.8 Å². The Morgan fingerprint density at radius 2 is 1.64 bits per heavy atom. The Hall–Kier alpha value is -2.21. The molecule has 0 N–H and O–H groups in total. The minimum absolute atomic E-state index is 0.0246. The molecule has 2 aromatic rings. The van der Waals surface area contributed by atoms with E-state index in [-0.39, 0.29) is 11.0 Å². The number of pyridine rings is 1. The topological polar surface area (TPSA) is 54.3 Å². The smallest absolute Gasteiger partial charge is 0.266 e. The average Bonchev–Trinajstić information content (AvgIpc) is 2.61. The van der Waals surface area contributed by atoms with Gasteiger partial charge in [-0.3, -0.25) is 14.7 Å². The first-order chi connectivity index (χ1) is 11.9. The molecule has 0 atom stereocenters. The highest BCUT2D eigenvalue weighted by atomic mass is 16.1. The summed E-state index contributed by atoms with van der Waals surface area (Å²) < 4.78 is 1.61. The maximum absolute atomic E-state index is 12.1. The Labute approximate surface area is 149 Å². The Balaban J connectivity index is 1.56. The highest BCUT2D eigenvalue weighted by Crippen LogP contribution is 2.18. The molecule has 3 heterocycles. The summed E-state index contributed by atoms with van der Waals surface area (Å²) in [6.07, 6.45) is 3.67. The highest BCUT2D eigenvalue weighted by molar-refractivity contribution is 5.44. The van der Waals surface area contributed by atoms with Gasteiger partial charge >= 0.3 is 0 Å². The van der Waals surface area contributed by atoms with Gasteiger partial charge in [-0.05, 0) is 18.2 Å². The van der Waals surface area contributed by atoms with E-state index in [0.717, 1.165) is 38.4 Å². The number of anilines is 1. The molecule has 0 bridgehead atoms. The molecule has 0 aromatic carbocycles. The lowest BCUT2D eigenvalue weighted by Gasteiger charge is -2.36. The van der Waals surface area contributed by atoms with Crippen molar-refractivity contribution in [2.75, 3.05) is 37.6 Å². The van der Waals surface area contributed by atoms with E-state index in [2.05, 4.69) is 52.8 Å². The number of nitrogens with zero attached hydrogens (tertiary/aromatic N) is 5. The molecule has 1 aliphatic rings. The molecule has 0 saturated carbocycles. The number of aromatic nitrogens is 3. The molecule has 25 heavy (non-hydrogen) atoms. The molecule has 134 valence electrons. The zero-order valence-corrected chi connectivity index (χ0v) is 15.4. The van der Waals surface area contributed by atoms with Gasteiger partial charge < -0.3 is 4.90 Å². The predicted molar refractivity (Wildman–Crippen MR) is 100 cm³/mol. The normalized spacial score (nSPS) is 16.2. The molecule has 0 spiro atoms. The maximum atomic E-state index is 12.1. The molecule has 0 radical (unpaired) electrons. The standard InChI is InChI=1S/C19H27N5O/c1-19(2,3)17-4-5-18(25)24(21-17)15-12-22-10-13-23(14-11-22)16-6-8-20-9-7-16/h4-9H,10-15H2,1-3H3. The van der Waals surface area contributed by atoms with E-state index in [4.69, 9.17) is 0 Å². The lowest BCUT2D eigenvalue weighted by Crippen LogP contribution is -2.47. The van der Waals surface area contributed by atoms with Crippen LogP contribution in [-0.4, -0.2) is 52.4 Å². The first kappa shape index (κ1) is 17.6. The second-order valence-electron chi connectivity index (χ2n) is 7.56. The summed E-state index contributed by atoms with van der Waals surface area (Å²) in [5.41, 5.74) is 2.11. The fourth-order valence-electron chi connectivity index (χ4n) is 3.03. The largest absolute Gasteiger partial charge is 0.369 e. The third kappa shape index (κ3) is 4.45. The summed E-state index contributed by atoms with van der Waals surface area (Å²) in [7, 11) is 0. The number of hydrogen-bond acceptors (Lipinski definition) is 5. The molecular formula is C19H27N5O. The second-order valence-corrected chi connectivity index (χ2v) is 7.56. The van der Waals surface area contributed by atoms with Crippen molar-refractivity contribution in [2.45, 2.75) is 32.7 Å². The lowest BCUT2D eigenvalue weighted by molar-refractivity contribution is 0.242. The summed E-state index contributed by atoms with van der Waals surface area (Å²) in [5, 5.41) is 4.55. The molecule has 0 amide bonds. The predicted octanol–water partition coefficient (Wildman–Crippen LogP) is 1.76. The van der Waals surface area contributed by atoms with Gasteiger partial charge in [-0.2, -0.15) is 5.10 Å². The van der Waals surface area contributed by atoms with Gasteiger partial charge in [0.1, 0.15) is 0 Å². The van der Waals surface area contributed by atoms with Gasteiger partial charge in [0.25, 0.3) is 5.56 Å². The molecule has 6 nitrogen and oxygen atoms in total. The SMILES string of the molecule is CC(C)(C)c1ccc(=O)n(CCN2CCN(c3ccncc3)CC2)n1. The zero-order chi connectivity index (χ0) is 17.9. The van der Waals surface area contributed by atoms with Crippen molar-refractivity contribution in [3.05, 3.63) is 52.7 Å². The first-order valence-corrected chi connectivity index (χ1v) is 8.89. The lowest BCUT2D eigenvalue weighted by atomic mass is 9.92. The van der Waals surface area contributed by atoms with Crippen molar-refractivity contribution in [3.63, 3.8) is 0 Å². The number of piperazine rings is 1. The maximum Gasteiger partial charge on any atom is 0.266 e. The Bertz CT molecular complexity index is 742. The summed E-state index contributed by atoms with van der Waals surface area (Å²) in [6.45, 7) is 11.8. The fraction of sp³-hybridized carbons (Fsp3) is 0.526. The second kappa shape index (κ2) is 7.35. The van der Waals surface area contributed by atoms with E-state index in [9.17, 15) is 4.79 Å². The van der Waals surface area contributed by atoms with Crippen LogP contribution < -0.4 is 10.5 Å². The van der Waals surface area contributed by atoms with E-state index in [1.54, 1.807) is 10.7 Å². The van der Waals surface area contributed by atoms with Crippen molar-refractivity contribution in [3.8, 4) is 0 Å². The van der Waals surface area contributed by atoms with E-state index in [1.165, 1.54) is 5.69 Å². The average molecular weight is 341 g/mol. The molecule has 0 aliphatic carbocycles. The summed E-state index contributed by atoms with van der Waals surface area (Å²) in [5.74, 6) is 0. The molecule has 1 aliphatic heterocycles. The van der Waals surface area contributed by atoms with Crippen molar-refractivity contribution in [2.24, 2.45) is 0 Å². The molecular weight excluding hydrogens is 314 g/mol. The molecule has 6 heteroatoms. The van der Waals surface area contributed by atoms with Crippen LogP contribution >= 0.6 is 0 Å². The van der Waals surface area contributed by atoms with Crippen LogP contribution in [0.2, 0.25) is 0 Å². The molecule has 0 unspecified atom stereocenters. The minimum atomic E-state index is -0.0500. The van der Waals surface area contributed by atoms with Crippen LogP contribution in [0.3, 0.4) is 0 Å². The van der Waals surface area contributed by atoms with Crippen LogP contribution in [0.5, 0.6) is 0 Å². The quantitative estimate of drug-likeness (QED) is 0.848. The highest BCUT2D eigenvalue weighted by Gasteiger charge is 2.19. The van der Waals surface area contributed by atoms with Crippen LogP contribution in [0.25, 0.3) is 0 Å². The zero-order valence-electron chi connectivity index (χ0n) is 15.4. The van der Waals surface area contributed by atoms with Crippen LogP contribution in [0, 0.1) is 0 Å². The van der Waals surface area contributed by atoms with E-state index in [0.29, 0.717) is 6.54 Å². The molecule has 1 saturated heterocycles. The van der Waals surface area contributed by atoms with Crippen molar-refractivity contribution < 1.29 is 0 Å². The minimum Gasteiger partial charge on any atom is -0.369 e. The summed E-state index contributed by atoms with van der Waals surface area (Å²) in [4.78, 5) is 20.9. The fourth-order valence-corrected chi connectivity index (χ4v) is 3.03. The van der Waals surface area contributed by atoms with Crippen molar-refractivity contribution in [1.82, 2.24) is 19.7 Å². The van der Waals surface area contributed by atoms with E-state index in [1.807, 2.05) is 18.5 Å². The Morgan fingerprint density at radius 3 is 2.28 bits per heavy atom. The number of rotatable bonds is 4. The van der Waals surface area contributed by atoms with Crippen LogP contribution in [-0.2, 0) is 12.0 Å². The van der Waals surface area contributed by atoms with Crippen LogP contribution in [0.4, 0.5) is 5.69 Å². The third-order valence-electron chi connectivity index (χ3n) is 4.66. The van der Waals surface area contributed by atoms with Gasteiger partial charge in [0.15, 0.2) is 0 Å². The van der Waals surface area contributed by atoms with Gasteiger partial charge in [0.05, 0.1) is 12.2 Å². The summed E-state index contributed by atoms with van der Waals surface area (Å²) >= 11 is 0. The van der Waals surface area contributed by atoms with Crippen LogP contribution in [0.15, 0.2) is 41.5 Å². The van der Waals surface area contributed by atoms with Gasteiger partial charge in [-0.15, -0.1) is 0 Å². The Kier molecular flexibility index (Phi) is 5.18. The van der Waals surface area contributed by atoms with Crippen molar-refractivity contribution in [1.29, 1.82) is 0 Å². The first-order valence-electron chi connectivity index (χ1n) is 8.89. The summed E-state index contributed by atoms with van der Waals surface area (Å²) in [6, 6.07) is 7.58. The van der Waals surface area contributed by atoms with Gasteiger partial charge in [0.2, 0.25) is 0 Å². The number of hydrogen-bond donors (Lipinski definition) is 0. The van der Waals surface area contributed by atoms with E-state index >= 15 is 0 Å². The third-order valence-corrected chi connectivity index (χ3v) is 4.66. The molecule has 1 fully saturated rings. The molecule has 2 aromatic heterocycles. The Morgan fingerprint density at radius 1 is 0.960 bits per heavy atom. The van der Waals surface area contributed by atoms with Gasteiger partial charge in [0, 0.05) is 62.3 Å².